The first-order valence-electron chi connectivity index (χ1n) is 11.4. The topological polar surface area (TPSA) is 23.8 Å². The maximum Gasteiger partial charge on any atom is 0.0991 e. The second kappa shape index (κ2) is 8.35. The number of hydrogen-bond donors (Lipinski definition) is 0. The van der Waals surface area contributed by atoms with Gasteiger partial charge in [0.05, 0.1) is 11.6 Å². The van der Waals surface area contributed by atoms with Crippen LogP contribution in [0.25, 0.3) is 54.9 Å². The van der Waals surface area contributed by atoms with Crippen molar-refractivity contribution in [2.24, 2.45) is 0 Å². The molecule has 0 heterocycles. The van der Waals surface area contributed by atoms with Crippen molar-refractivity contribution in [3.05, 3.63) is 133 Å². The van der Waals surface area contributed by atoms with Gasteiger partial charge in [-0.15, -0.1) is 0 Å². The molecule has 0 aromatic heterocycles. The molecule has 34 heavy (non-hydrogen) atoms. The highest BCUT2D eigenvalue weighted by Crippen LogP contribution is 2.35. The zero-order valence-corrected chi connectivity index (χ0v) is 18.6. The van der Waals surface area contributed by atoms with E-state index in [4.69, 9.17) is 5.26 Å². The molecule has 0 spiro atoms. The molecule has 0 radical (unpaired) electrons. The van der Waals surface area contributed by atoms with Crippen LogP contribution in [0.5, 0.6) is 0 Å². The van der Waals surface area contributed by atoms with Crippen molar-refractivity contribution in [3.8, 4) is 39.4 Å². The van der Waals surface area contributed by atoms with E-state index in [0.717, 1.165) is 11.1 Å². The lowest BCUT2D eigenvalue weighted by atomic mass is 9.92. The highest BCUT2D eigenvalue weighted by Gasteiger charge is 2.09. The lowest BCUT2D eigenvalue weighted by Gasteiger charge is -2.12. The van der Waals surface area contributed by atoms with Crippen molar-refractivity contribution >= 4 is 21.5 Å². The Kier molecular flexibility index (Phi) is 4.91. The second-order valence-electron chi connectivity index (χ2n) is 8.53. The molecule has 0 aliphatic rings. The number of hydrogen-bond acceptors (Lipinski definition) is 1. The Morgan fingerprint density at radius 3 is 1.41 bits per heavy atom. The van der Waals surface area contributed by atoms with Gasteiger partial charge in [-0.1, -0.05) is 109 Å². The van der Waals surface area contributed by atoms with E-state index < -0.39 is 0 Å². The van der Waals surface area contributed by atoms with Crippen LogP contribution in [0.1, 0.15) is 5.56 Å². The van der Waals surface area contributed by atoms with Crippen LogP contribution in [0.3, 0.4) is 0 Å². The predicted octanol–water partition coefficient (Wildman–Crippen LogP) is 8.87. The Morgan fingerprint density at radius 2 is 0.853 bits per heavy atom. The molecule has 6 aromatic rings. The molecule has 1 nitrogen and oxygen atoms in total. The summed E-state index contributed by atoms with van der Waals surface area (Å²) < 4.78 is 0. The minimum Gasteiger partial charge on any atom is -0.192 e. The summed E-state index contributed by atoms with van der Waals surface area (Å²) >= 11 is 0. The largest absolute Gasteiger partial charge is 0.192 e. The number of rotatable bonds is 3. The zero-order valence-electron chi connectivity index (χ0n) is 18.6. The van der Waals surface area contributed by atoms with Gasteiger partial charge in [0.15, 0.2) is 0 Å². The molecule has 0 saturated carbocycles. The Morgan fingerprint density at radius 1 is 0.412 bits per heavy atom. The fourth-order valence-electron chi connectivity index (χ4n) is 4.73. The zero-order chi connectivity index (χ0) is 22.9. The van der Waals surface area contributed by atoms with Crippen LogP contribution in [0.2, 0.25) is 0 Å². The van der Waals surface area contributed by atoms with Gasteiger partial charge in [-0.3, -0.25) is 0 Å². The van der Waals surface area contributed by atoms with Gasteiger partial charge in [0, 0.05) is 0 Å². The molecule has 0 N–H and O–H groups in total. The van der Waals surface area contributed by atoms with Crippen LogP contribution in [0.15, 0.2) is 127 Å². The first kappa shape index (κ1) is 20.0. The highest BCUT2D eigenvalue weighted by molar-refractivity contribution is 6.13. The Bertz CT molecular complexity index is 1670. The number of nitriles is 1. The Hall–Kier alpha value is -4.67. The fraction of sp³-hybridized carbons (Fsp3) is 0. The third-order valence-corrected chi connectivity index (χ3v) is 6.53. The predicted molar refractivity (Wildman–Crippen MR) is 142 cm³/mol. The van der Waals surface area contributed by atoms with Gasteiger partial charge in [-0.2, -0.15) is 5.26 Å². The molecule has 6 aromatic carbocycles. The number of fused-ring (bicyclic) bond motifs is 3. The second-order valence-corrected chi connectivity index (χ2v) is 8.53. The maximum atomic E-state index is 9.00. The van der Waals surface area contributed by atoms with Crippen LogP contribution < -0.4 is 0 Å². The summed E-state index contributed by atoms with van der Waals surface area (Å²) in [5.41, 5.74) is 7.81. The third-order valence-electron chi connectivity index (χ3n) is 6.53. The SMILES string of the molecule is N#Cc1ccc(-c2ccc(-c3ccc(-c4cc5ccccc5c5ccccc45)cc3)cc2)cc1. The fourth-order valence-corrected chi connectivity index (χ4v) is 4.73. The number of benzene rings is 6. The molecular formula is C33H21N. The molecular weight excluding hydrogens is 410 g/mol. The van der Waals surface area contributed by atoms with E-state index in [1.807, 2.05) is 24.3 Å². The molecule has 0 bridgehead atoms. The van der Waals surface area contributed by atoms with E-state index in [1.165, 1.54) is 43.8 Å². The first-order chi connectivity index (χ1) is 16.8. The molecule has 0 saturated heterocycles. The molecule has 0 unspecified atom stereocenters. The average Bonchev–Trinajstić information content (AvgIpc) is 2.93. The summed E-state index contributed by atoms with van der Waals surface area (Å²) in [6, 6.07) is 46.9. The van der Waals surface area contributed by atoms with Gasteiger partial charge in [0.25, 0.3) is 0 Å². The monoisotopic (exact) mass is 431 g/mol. The van der Waals surface area contributed by atoms with Gasteiger partial charge in [0.1, 0.15) is 0 Å². The third kappa shape index (κ3) is 3.52. The van der Waals surface area contributed by atoms with Crippen LogP contribution in [0.4, 0.5) is 0 Å². The lowest BCUT2D eigenvalue weighted by Crippen LogP contribution is -1.85. The minimum atomic E-state index is 0.680. The van der Waals surface area contributed by atoms with Gasteiger partial charge < -0.3 is 0 Å². The molecule has 1 heteroatoms. The highest BCUT2D eigenvalue weighted by atomic mass is 14.2. The van der Waals surface area contributed by atoms with Crippen LogP contribution in [0, 0.1) is 11.3 Å². The molecule has 0 aliphatic carbocycles. The molecule has 0 atom stereocenters. The smallest absolute Gasteiger partial charge is 0.0991 e. The van der Waals surface area contributed by atoms with Crippen molar-refractivity contribution in [1.82, 2.24) is 0 Å². The number of nitrogens with zero attached hydrogens (tertiary/aromatic N) is 1. The van der Waals surface area contributed by atoms with E-state index in [-0.39, 0.29) is 0 Å². The molecule has 158 valence electrons. The van der Waals surface area contributed by atoms with Crippen molar-refractivity contribution in [3.63, 3.8) is 0 Å². The maximum absolute atomic E-state index is 9.00. The van der Waals surface area contributed by atoms with E-state index in [1.54, 1.807) is 0 Å². The molecule has 0 fully saturated rings. The summed E-state index contributed by atoms with van der Waals surface area (Å²) in [5.74, 6) is 0. The average molecular weight is 432 g/mol. The lowest BCUT2D eigenvalue weighted by molar-refractivity contribution is 1.48. The normalized spacial score (nSPS) is 10.9. The van der Waals surface area contributed by atoms with Gasteiger partial charge >= 0.3 is 0 Å². The van der Waals surface area contributed by atoms with Gasteiger partial charge in [-0.25, -0.2) is 0 Å². The summed E-state index contributed by atoms with van der Waals surface area (Å²) in [4.78, 5) is 0. The van der Waals surface area contributed by atoms with Crippen molar-refractivity contribution in [2.45, 2.75) is 0 Å². The molecule has 0 amide bonds. The Labute approximate surface area is 199 Å². The quantitative estimate of drug-likeness (QED) is 0.257. The molecule has 0 aliphatic heterocycles. The summed E-state index contributed by atoms with van der Waals surface area (Å²) in [6.45, 7) is 0. The minimum absolute atomic E-state index is 0.680. The van der Waals surface area contributed by atoms with Gasteiger partial charge in [-0.05, 0) is 73.1 Å². The summed E-state index contributed by atoms with van der Waals surface area (Å²) in [6.07, 6.45) is 0. The van der Waals surface area contributed by atoms with Crippen LogP contribution in [-0.4, -0.2) is 0 Å². The van der Waals surface area contributed by atoms with Crippen molar-refractivity contribution in [2.75, 3.05) is 0 Å². The molecule has 6 rings (SSSR count). The van der Waals surface area contributed by atoms with E-state index in [2.05, 4.69) is 109 Å². The summed E-state index contributed by atoms with van der Waals surface area (Å²) in [7, 11) is 0. The van der Waals surface area contributed by atoms with Gasteiger partial charge in [0.2, 0.25) is 0 Å². The van der Waals surface area contributed by atoms with Crippen molar-refractivity contribution < 1.29 is 0 Å². The van der Waals surface area contributed by atoms with E-state index >= 15 is 0 Å². The van der Waals surface area contributed by atoms with Crippen molar-refractivity contribution in [1.29, 1.82) is 5.26 Å². The first-order valence-corrected chi connectivity index (χ1v) is 11.4. The Balaban J connectivity index is 1.35. The van der Waals surface area contributed by atoms with Crippen LogP contribution in [-0.2, 0) is 0 Å². The van der Waals surface area contributed by atoms with Crippen LogP contribution >= 0.6 is 0 Å². The summed E-state index contributed by atoms with van der Waals surface area (Å²) in [5, 5.41) is 14.1. The van der Waals surface area contributed by atoms with E-state index in [0.29, 0.717) is 5.56 Å². The van der Waals surface area contributed by atoms with E-state index in [9.17, 15) is 0 Å². The standard InChI is InChI=1S/C33H21N/c34-22-23-9-11-24(12-10-23)25-13-15-26(16-14-25)27-17-19-28(20-18-27)33-21-29-5-1-2-6-30(29)31-7-3-4-8-32(31)33/h1-21H.